The van der Waals surface area contributed by atoms with Crippen LogP contribution in [0.5, 0.6) is 0 Å². The number of hydrogen-bond acceptors (Lipinski definition) is 3. The van der Waals surface area contributed by atoms with Crippen LogP contribution in [0, 0.1) is 13.8 Å². The van der Waals surface area contributed by atoms with Gasteiger partial charge in [-0.15, -0.1) is 0 Å². The van der Waals surface area contributed by atoms with E-state index in [-0.39, 0.29) is 10.8 Å². The molecule has 1 N–H and O–H groups in total. The molecule has 0 spiro atoms. The Morgan fingerprint density at radius 1 is 1.11 bits per heavy atom. The largest absolute Gasteiger partial charge is 0.335 e. The highest BCUT2D eigenvalue weighted by Gasteiger charge is 2.21. The van der Waals surface area contributed by atoms with E-state index in [4.69, 9.17) is 0 Å². The summed E-state index contributed by atoms with van der Waals surface area (Å²) in [5.41, 5.74) is 3.32. The van der Waals surface area contributed by atoms with E-state index in [9.17, 15) is 13.2 Å². The van der Waals surface area contributed by atoms with Gasteiger partial charge in [-0.25, -0.2) is 8.42 Å². The van der Waals surface area contributed by atoms with Crippen LogP contribution in [0.15, 0.2) is 59.5 Å². The van der Waals surface area contributed by atoms with Gasteiger partial charge in [-0.1, -0.05) is 36.4 Å². The molecular formula is C21H26N2O3S. The second kappa shape index (κ2) is 8.39. The van der Waals surface area contributed by atoms with Crippen molar-refractivity contribution in [1.29, 1.82) is 0 Å². The Balaban J connectivity index is 2.40. The van der Waals surface area contributed by atoms with Crippen LogP contribution in [0.3, 0.4) is 0 Å². The molecule has 0 unspecified atom stereocenters. The quantitative estimate of drug-likeness (QED) is 0.727. The summed E-state index contributed by atoms with van der Waals surface area (Å²) in [5, 5.41) is 0. The molecule has 0 aromatic heterocycles. The van der Waals surface area contributed by atoms with E-state index in [1.807, 2.05) is 32.9 Å². The maximum absolute atomic E-state index is 12.9. The van der Waals surface area contributed by atoms with E-state index in [0.717, 1.165) is 16.7 Å². The molecule has 0 radical (unpaired) electrons. The number of para-hydroxylation sites is 1. The van der Waals surface area contributed by atoms with E-state index < -0.39 is 10.0 Å². The maximum atomic E-state index is 12.9. The van der Waals surface area contributed by atoms with Gasteiger partial charge in [-0.3, -0.25) is 9.52 Å². The molecule has 0 aliphatic carbocycles. The van der Waals surface area contributed by atoms with Gasteiger partial charge in [0.2, 0.25) is 0 Å². The SMILES string of the molecule is C=C(C)CN(CC)C(=O)c1cc(S(=O)(=O)Nc2ccccc2C)ccc1C. The Hall–Kier alpha value is -2.60. The van der Waals surface area contributed by atoms with Crippen LogP contribution in [0.4, 0.5) is 5.69 Å². The number of carbonyl (C=O) groups is 1. The fourth-order valence-electron chi connectivity index (χ4n) is 2.71. The summed E-state index contributed by atoms with van der Waals surface area (Å²) in [5.74, 6) is -0.203. The van der Waals surface area contributed by atoms with Gasteiger partial charge < -0.3 is 4.90 Å². The Morgan fingerprint density at radius 2 is 1.78 bits per heavy atom. The second-order valence-electron chi connectivity index (χ2n) is 6.67. The van der Waals surface area contributed by atoms with Crippen molar-refractivity contribution in [2.75, 3.05) is 17.8 Å². The number of likely N-dealkylation sites (N-methyl/N-ethyl adjacent to an activating group) is 1. The van der Waals surface area contributed by atoms with Gasteiger partial charge in [0.05, 0.1) is 10.6 Å². The van der Waals surface area contributed by atoms with E-state index in [0.29, 0.717) is 24.3 Å². The summed E-state index contributed by atoms with van der Waals surface area (Å²) >= 11 is 0. The van der Waals surface area contributed by atoms with Gasteiger partial charge in [0.1, 0.15) is 0 Å². The summed E-state index contributed by atoms with van der Waals surface area (Å²) in [6, 6.07) is 11.8. The third-order valence-corrected chi connectivity index (χ3v) is 5.63. The minimum absolute atomic E-state index is 0.0612. The minimum Gasteiger partial charge on any atom is -0.335 e. The van der Waals surface area contributed by atoms with Gasteiger partial charge in [-0.2, -0.15) is 0 Å². The lowest BCUT2D eigenvalue weighted by molar-refractivity contribution is 0.0777. The molecule has 2 rings (SSSR count). The van der Waals surface area contributed by atoms with Crippen molar-refractivity contribution in [3.8, 4) is 0 Å². The molecule has 0 atom stereocenters. The van der Waals surface area contributed by atoms with Gasteiger partial charge in [0.15, 0.2) is 0 Å². The predicted molar refractivity (Wildman–Crippen MR) is 110 cm³/mol. The molecule has 0 aliphatic heterocycles. The van der Waals surface area contributed by atoms with Crippen LogP contribution in [-0.2, 0) is 10.0 Å². The lowest BCUT2D eigenvalue weighted by Gasteiger charge is -2.22. The van der Waals surface area contributed by atoms with Crippen molar-refractivity contribution in [1.82, 2.24) is 4.90 Å². The number of nitrogens with zero attached hydrogens (tertiary/aromatic N) is 1. The Morgan fingerprint density at radius 3 is 2.37 bits per heavy atom. The molecule has 0 aliphatic rings. The van der Waals surface area contributed by atoms with Crippen LogP contribution < -0.4 is 4.72 Å². The first-order valence-electron chi connectivity index (χ1n) is 8.78. The maximum Gasteiger partial charge on any atom is 0.261 e. The zero-order chi connectivity index (χ0) is 20.2. The smallest absolute Gasteiger partial charge is 0.261 e. The molecule has 2 aromatic carbocycles. The van der Waals surface area contributed by atoms with Crippen molar-refractivity contribution < 1.29 is 13.2 Å². The van der Waals surface area contributed by atoms with Gasteiger partial charge in [-0.05, 0) is 57.0 Å². The molecular weight excluding hydrogens is 360 g/mol. The average Bonchev–Trinajstić information content (AvgIpc) is 2.61. The van der Waals surface area contributed by atoms with Crippen LogP contribution in [0.2, 0.25) is 0 Å². The van der Waals surface area contributed by atoms with Gasteiger partial charge >= 0.3 is 0 Å². The fraction of sp³-hybridized carbons (Fsp3) is 0.286. The highest BCUT2D eigenvalue weighted by atomic mass is 32.2. The summed E-state index contributed by atoms with van der Waals surface area (Å²) < 4.78 is 28.2. The van der Waals surface area contributed by atoms with Crippen molar-refractivity contribution in [2.45, 2.75) is 32.6 Å². The zero-order valence-corrected chi connectivity index (χ0v) is 17.1. The summed E-state index contributed by atoms with van der Waals surface area (Å²) in [4.78, 5) is 14.6. The van der Waals surface area contributed by atoms with Crippen LogP contribution >= 0.6 is 0 Å². The first kappa shape index (κ1) is 20.7. The summed E-state index contributed by atoms with van der Waals surface area (Å²) in [7, 11) is -3.80. The van der Waals surface area contributed by atoms with Gasteiger partial charge in [0, 0.05) is 18.7 Å². The fourth-order valence-corrected chi connectivity index (χ4v) is 3.87. The van der Waals surface area contributed by atoms with Crippen molar-refractivity contribution in [3.63, 3.8) is 0 Å². The predicted octanol–water partition coefficient (Wildman–Crippen LogP) is 4.14. The molecule has 0 saturated heterocycles. The van der Waals surface area contributed by atoms with E-state index in [1.165, 1.54) is 12.1 Å². The lowest BCUT2D eigenvalue weighted by Crippen LogP contribution is -2.32. The van der Waals surface area contributed by atoms with Crippen LogP contribution in [0.25, 0.3) is 0 Å². The number of rotatable bonds is 7. The molecule has 5 nitrogen and oxygen atoms in total. The number of sulfonamides is 1. The van der Waals surface area contributed by atoms with Crippen molar-refractivity contribution >= 4 is 21.6 Å². The molecule has 144 valence electrons. The standard InChI is InChI=1S/C21H26N2O3S/c1-6-23(14-15(2)3)21(24)19-13-18(12-11-16(19)4)27(25,26)22-20-10-8-7-9-17(20)5/h7-13,22H,2,6,14H2,1,3-5H3. The highest BCUT2D eigenvalue weighted by Crippen LogP contribution is 2.22. The zero-order valence-electron chi connectivity index (χ0n) is 16.2. The molecule has 2 aromatic rings. The van der Waals surface area contributed by atoms with Crippen LogP contribution in [0.1, 0.15) is 35.3 Å². The molecule has 0 heterocycles. The molecule has 0 saturated carbocycles. The normalized spacial score (nSPS) is 11.1. The average molecular weight is 387 g/mol. The van der Waals surface area contributed by atoms with Crippen molar-refractivity contribution in [2.24, 2.45) is 0 Å². The van der Waals surface area contributed by atoms with E-state index in [2.05, 4.69) is 11.3 Å². The number of nitrogens with one attached hydrogen (secondary N) is 1. The first-order valence-corrected chi connectivity index (χ1v) is 10.3. The first-order chi connectivity index (χ1) is 12.7. The Labute approximate surface area is 161 Å². The molecule has 6 heteroatoms. The minimum atomic E-state index is -3.80. The Bertz CT molecular complexity index is 965. The number of amides is 1. The summed E-state index contributed by atoms with van der Waals surface area (Å²) in [6.07, 6.45) is 0. The van der Waals surface area contributed by atoms with Gasteiger partial charge in [0.25, 0.3) is 15.9 Å². The highest BCUT2D eigenvalue weighted by molar-refractivity contribution is 7.92. The Kier molecular flexibility index (Phi) is 6.44. The topological polar surface area (TPSA) is 66.5 Å². The van der Waals surface area contributed by atoms with E-state index >= 15 is 0 Å². The monoisotopic (exact) mass is 386 g/mol. The molecule has 0 fully saturated rings. The summed E-state index contributed by atoms with van der Waals surface area (Å²) in [6.45, 7) is 12.2. The van der Waals surface area contributed by atoms with E-state index in [1.54, 1.807) is 30.0 Å². The lowest BCUT2D eigenvalue weighted by atomic mass is 10.1. The molecule has 27 heavy (non-hydrogen) atoms. The number of hydrogen-bond donors (Lipinski definition) is 1. The van der Waals surface area contributed by atoms with Crippen molar-refractivity contribution in [3.05, 3.63) is 71.3 Å². The number of aryl methyl sites for hydroxylation is 2. The number of benzene rings is 2. The molecule has 1 amide bonds. The third kappa shape index (κ3) is 4.98. The number of carbonyl (C=O) groups excluding carboxylic acids is 1. The van der Waals surface area contributed by atoms with Crippen LogP contribution in [-0.4, -0.2) is 32.3 Å². The molecule has 0 bridgehead atoms. The number of anilines is 1. The second-order valence-corrected chi connectivity index (χ2v) is 8.36. The third-order valence-electron chi connectivity index (χ3n) is 4.27.